The van der Waals surface area contributed by atoms with Crippen molar-refractivity contribution in [2.45, 2.75) is 38.4 Å². The molecule has 106 valence electrons. The molecule has 0 bridgehead atoms. The highest BCUT2D eigenvalue weighted by Crippen LogP contribution is 2.37. The standard InChI is InChI=1S/C15H19N3O2/c1-9-4-5-12-11(6-9)14(20)18(3)15(17-12)7-10(2)16-13(19)8-15/h4-6,10,17H,7-8H2,1-3H3,(H,16,19). The Labute approximate surface area is 118 Å². The minimum atomic E-state index is -0.610. The van der Waals surface area contributed by atoms with E-state index in [4.69, 9.17) is 0 Å². The van der Waals surface area contributed by atoms with Crippen LogP contribution in [0.4, 0.5) is 5.69 Å². The van der Waals surface area contributed by atoms with E-state index in [2.05, 4.69) is 10.6 Å². The first-order chi connectivity index (χ1) is 9.41. The van der Waals surface area contributed by atoms with Crippen molar-refractivity contribution in [3.05, 3.63) is 29.3 Å². The molecule has 0 aliphatic carbocycles. The minimum absolute atomic E-state index is 0.0218. The average molecular weight is 273 g/mol. The lowest BCUT2D eigenvalue weighted by Gasteiger charge is -2.50. The number of carbonyl (C=O) groups excluding carboxylic acids is 2. The molecule has 2 atom stereocenters. The molecule has 2 unspecified atom stereocenters. The predicted octanol–water partition coefficient (Wildman–Crippen LogP) is 1.49. The van der Waals surface area contributed by atoms with Crippen molar-refractivity contribution >= 4 is 17.5 Å². The normalized spacial score (nSPS) is 28.9. The third kappa shape index (κ3) is 1.85. The van der Waals surface area contributed by atoms with Gasteiger partial charge in [0.25, 0.3) is 5.91 Å². The van der Waals surface area contributed by atoms with E-state index in [-0.39, 0.29) is 24.3 Å². The third-order valence-corrected chi connectivity index (χ3v) is 4.22. The fourth-order valence-corrected chi connectivity index (χ4v) is 3.23. The van der Waals surface area contributed by atoms with Crippen LogP contribution in [0.15, 0.2) is 18.2 Å². The Hall–Kier alpha value is -2.04. The van der Waals surface area contributed by atoms with Crippen molar-refractivity contribution < 1.29 is 9.59 Å². The van der Waals surface area contributed by atoms with Gasteiger partial charge in [0.15, 0.2) is 0 Å². The molecule has 1 aromatic rings. The van der Waals surface area contributed by atoms with Crippen molar-refractivity contribution in [3.63, 3.8) is 0 Å². The first-order valence-electron chi connectivity index (χ1n) is 6.88. The Morgan fingerprint density at radius 1 is 1.35 bits per heavy atom. The monoisotopic (exact) mass is 273 g/mol. The Morgan fingerprint density at radius 2 is 2.10 bits per heavy atom. The van der Waals surface area contributed by atoms with Gasteiger partial charge in [0.2, 0.25) is 5.91 Å². The van der Waals surface area contributed by atoms with E-state index in [0.29, 0.717) is 12.0 Å². The number of nitrogens with zero attached hydrogens (tertiary/aromatic N) is 1. The Balaban J connectivity index is 2.06. The number of carbonyl (C=O) groups is 2. The number of anilines is 1. The number of fused-ring (bicyclic) bond motifs is 1. The SMILES string of the molecule is Cc1ccc2c(c1)C(=O)N(C)C1(CC(=O)NC(C)C1)N2. The number of piperidine rings is 1. The van der Waals surface area contributed by atoms with Crippen LogP contribution in [-0.4, -0.2) is 35.5 Å². The topological polar surface area (TPSA) is 61.4 Å². The molecule has 0 saturated carbocycles. The molecule has 2 amide bonds. The molecule has 0 aromatic heterocycles. The molecule has 3 rings (SSSR count). The Bertz CT molecular complexity index is 599. The van der Waals surface area contributed by atoms with Crippen molar-refractivity contribution in [1.29, 1.82) is 0 Å². The smallest absolute Gasteiger partial charge is 0.257 e. The second-order valence-electron chi connectivity index (χ2n) is 5.92. The first kappa shape index (κ1) is 13.0. The summed E-state index contributed by atoms with van der Waals surface area (Å²) < 4.78 is 0. The molecule has 0 radical (unpaired) electrons. The Kier molecular flexibility index (Phi) is 2.74. The summed E-state index contributed by atoms with van der Waals surface area (Å²) in [6, 6.07) is 5.84. The third-order valence-electron chi connectivity index (χ3n) is 4.22. The van der Waals surface area contributed by atoms with Crippen LogP contribution in [0.3, 0.4) is 0 Å². The summed E-state index contributed by atoms with van der Waals surface area (Å²) in [7, 11) is 1.77. The van der Waals surface area contributed by atoms with Gasteiger partial charge in [-0.15, -0.1) is 0 Å². The summed E-state index contributed by atoms with van der Waals surface area (Å²) in [5.41, 5.74) is 1.94. The van der Waals surface area contributed by atoms with Gasteiger partial charge in [-0.3, -0.25) is 9.59 Å². The summed E-state index contributed by atoms with van der Waals surface area (Å²) in [5, 5.41) is 6.33. The van der Waals surface area contributed by atoms with E-state index >= 15 is 0 Å². The van der Waals surface area contributed by atoms with E-state index < -0.39 is 5.66 Å². The Morgan fingerprint density at radius 3 is 2.80 bits per heavy atom. The molecule has 2 N–H and O–H groups in total. The van der Waals surface area contributed by atoms with E-state index in [0.717, 1.165) is 11.3 Å². The highest BCUT2D eigenvalue weighted by Gasteiger charge is 2.47. The largest absolute Gasteiger partial charge is 0.361 e. The maximum Gasteiger partial charge on any atom is 0.257 e. The van der Waals surface area contributed by atoms with Gasteiger partial charge in [-0.1, -0.05) is 11.6 Å². The molecule has 1 fully saturated rings. The highest BCUT2D eigenvalue weighted by molar-refractivity contribution is 6.03. The number of rotatable bonds is 0. The van der Waals surface area contributed by atoms with Gasteiger partial charge in [0.1, 0.15) is 5.66 Å². The van der Waals surface area contributed by atoms with Crippen LogP contribution >= 0.6 is 0 Å². The quantitative estimate of drug-likeness (QED) is 0.753. The molecular formula is C15H19N3O2. The second-order valence-corrected chi connectivity index (χ2v) is 5.92. The zero-order valence-electron chi connectivity index (χ0n) is 12.0. The molecule has 2 heterocycles. The molecule has 20 heavy (non-hydrogen) atoms. The van der Waals surface area contributed by atoms with Crippen molar-refractivity contribution in [1.82, 2.24) is 10.2 Å². The maximum atomic E-state index is 12.6. The van der Waals surface area contributed by atoms with Crippen LogP contribution in [0.5, 0.6) is 0 Å². The van der Waals surface area contributed by atoms with Gasteiger partial charge < -0.3 is 15.5 Å². The van der Waals surface area contributed by atoms with Crippen molar-refractivity contribution in [2.24, 2.45) is 0 Å². The molecular weight excluding hydrogens is 254 g/mol. The number of aryl methyl sites for hydroxylation is 1. The van der Waals surface area contributed by atoms with Gasteiger partial charge in [-0.25, -0.2) is 0 Å². The second kappa shape index (κ2) is 4.23. The van der Waals surface area contributed by atoms with Gasteiger partial charge >= 0.3 is 0 Å². The first-order valence-corrected chi connectivity index (χ1v) is 6.88. The molecule has 2 aliphatic heterocycles. The zero-order chi connectivity index (χ0) is 14.5. The number of benzene rings is 1. The summed E-state index contributed by atoms with van der Waals surface area (Å²) in [6.07, 6.45) is 0.987. The molecule has 1 aromatic carbocycles. The predicted molar refractivity (Wildman–Crippen MR) is 76.5 cm³/mol. The van der Waals surface area contributed by atoms with E-state index in [1.807, 2.05) is 32.0 Å². The van der Waals surface area contributed by atoms with Gasteiger partial charge in [-0.05, 0) is 26.0 Å². The average Bonchev–Trinajstić information content (AvgIpc) is 2.36. The lowest BCUT2D eigenvalue weighted by molar-refractivity contribution is -0.126. The van der Waals surface area contributed by atoms with Gasteiger partial charge in [0, 0.05) is 25.2 Å². The van der Waals surface area contributed by atoms with Crippen molar-refractivity contribution in [2.75, 3.05) is 12.4 Å². The van der Waals surface area contributed by atoms with Crippen LogP contribution in [0, 0.1) is 6.92 Å². The van der Waals surface area contributed by atoms with Crippen LogP contribution in [0.25, 0.3) is 0 Å². The van der Waals surface area contributed by atoms with Gasteiger partial charge in [-0.2, -0.15) is 0 Å². The summed E-state index contributed by atoms with van der Waals surface area (Å²) in [6.45, 7) is 3.93. The lowest BCUT2D eigenvalue weighted by Crippen LogP contribution is -2.65. The van der Waals surface area contributed by atoms with Crippen LogP contribution in [0.2, 0.25) is 0 Å². The fourth-order valence-electron chi connectivity index (χ4n) is 3.23. The van der Waals surface area contributed by atoms with E-state index in [1.165, 1.54) is 0 Å². The lowest BCUT2D eigenvalue weighted by atomic mass is 9.87. The van der Waals surface area contributed by atoms with Crippen molar-refractivity contribution in [3.8, 4) is 0 Å². The van der Waals surface area contributed by atoms with E-state index in [9.17, 15) is 9.59 Å². The molecule has 1 saturated heterocycles. The highest BCUT2D eigenvalue weighted by atomic mass is 16.2. The zero-order valence-corrected chi connectivity index (χ0v) is 12.0. The molecule has 5 nitrogen and oxygen atoms in total. The summed E-state index contributed by atoms with van der Waals surface area (Å²) in [5.74, 6) is -0.0455. The van der Waals surface area contributed by atoms with Gasteiger partial charge in [0.05, 0.1) is 12.0 Å². The maximum absolute atomic E-state index is 12.6. The summed E-state index contributed by atoms with van der Waals surface area (Å²) >= 11 is 0. The van der Waals surface area contributed by atoms with E-state index in [1.54, 1.807) is 11.9 Å². The minimum Gasteiger partial charge on any atom is -0.361 e. The molecule has 2 aliphatic rings. The van der Waals surface area contributed by atoms with Crippen LogP contribution < -0.4 is 10.6 Å². The number of hydrogen-bond donors (Lipinski definition) is 2. The summed E-state index contributed by atoms with van der Waals surface area (Å²) in [4.78, 5) is 26.2. The number of amides is 2. The van der Waals surface area contributed by atoms with Crippen LogP contribution in [0.1, 0.15) is 35.7 Å². The number of nitrogens with one attached hydrogen (secondary N) is 2. The molecule has 1 spiro atoms. The number of hydrogen-bond acceptors (Lipinski definition) is 3. The van der Waals surface area contributed by atoms with Crippen LogP contribution in [-0.2, 0) is 4.79 Å². The fraction of sp³-hybridized carbons (Fsp3) is 0.467. The molecule has 5 heteroatoms.